The summed E-state index contributed by atoms with van der Waals surface area (Å²) in [4.78, 5) is 0. The summed E-state index contributed by atoms with van der Waals surface area (Å²) in [7, 11) is 0. The summed E-state index contributed by atoms with van der Waals surface area (Å²) in [6.07, 6.45) is 4.89. The quantitative estimate of drug-likeness (QED) is 0.784. The largest absolute Gasteiger partial charge is 0.419 e. The van der Waals surface area contributed by atoms with Crippen molar-refractivity contribution < 1.29 is 4.42 Å². The van der Waals surface area contributed by atoms with Crippen molar-refractivity contribution in [1.82, 2.24) is 10.2 Å². The Hall–Kier alpha value is -2.62. The van der Waals surface area contributed by atoms with Crippen LogP contribution in [0.15, 0.2) is 52.9 Å². The number of aromatic nitrogens is 2. The summed E-state index contributed by atoms with van der Waals surface area (Å²) in [6, 6.07) is 16.3. The van der Waals surface area contributed by atoms with Gasteiger partial charge in [-0.15, -0.1) is 10.2 Å². The number of hydrogen-bond acceptors (Lipinski definition) is 4. The Balaban J connectivity index is 1.49. The molecule has 1 aliphatic carbocycles. The maximum atomic E-state index is 5.75. The summed E-state index contributed by atoms with van der Waals surface area (Å²) < 4.78 is 5.75. The van der Waals surface area contributed by atoms with Crippen molar-refractivity contribution in [1.29, 1.82) is 0 Å². The van der Waals surface area contributed by atoms with Crippen LogP contribution in [0.5, 0.6) is 0 Å². The number of aryl methyl sites for hydroxylation is 1. The third kappa shape index (κ3) is 2.97. The van der Waals surface area contributed by atoms with Gasteiger partial charge in [0.15, 0.2) is 0 Å². The molecule has 0 saturated heterocycles. The zero-order chi connectivity index (χ0) is 15.5. The lowest BCUT2D eigenvalue weighted by Gasteiger charge is -2.19. The Morgan fingerprint density at radius 1 is 0.913 bits per heavy atom. The molecule has 0 bridgehead atoms. The second kappa shape index (κ2) is 6.24. The van der Waals surface area contributed by atoms with E-state index in [4.69, 9.17) is 4.42 Å². The number of fused-ring (bicyclic) bond motifs is 1. The summed E-state index contributed by atoms with van der Waals surface area (Å²) in [5.74, 6) is 1.18. The molecule has 0 saturated carbocycles. The first kappa shape index (κ1) is 14.0. The van der Waals surface area contributed by atoms with E-state index in [1.807, 2.05) is 30.3 Å². The van der Waals surface area contributed by atoms with Gasteiger partial charge in [-0.25, -0.2) is 0 Å². The Morgan fingerprint density at radius 3 is 2.70 bits per heavy atom. The minimum absolute atomic E-state index is 0.552. The second-order valence-electron chi connectivity index (χ2n) is 5.87. The number of benzene rings is 2. The van der Waals surface area contributed by atoms with E-state index in [2.05, 4.69) is 33.7 Å². The molecule has 0 amide bonds. The van der Waals surface area contributed by atoms with Gasteiger partial charge in [0, 0.05) is 11.3 Å². The van der Waals surface area contributed by atoms with Crippen LogP contribution < -0.4 is 5.32 Å². The van der Waals surface area contributed by atoms with Crippen LogP contribution >= 0.6 is 0 Å². The van der Waals surface area contributed by atoms with Crippen LogP contribution in [-0.4, -0.2) is 10.2 Å². The van der Waals surface area contributed by atoms with Crippen LogP contribution in [0.25, 0.3) is 11.5 Å². The Kier molecular flexibility index (Phi) is 3.80. The van der Waals surface area contributed by atoms with Crippen LogP contribution in [0.1, 0.15) is 29.9 Å². The third-order valence-electron chi connectivity index (χ3n) is 4.31. The number of hydrogen-bond donors (Lipinski definition) is 1. The predicted molar refractivity (Wildman–Crippen MR) is 90.1 cm³/mol. The standard InChI is InChI=1S/C19H19N3O/c1-2-8-15(9-3-1)19-22-21-18(23-19)13-20-17-12-6-10-14-7-4-5-11-16(14)17/h1-3,6,8-10,12,20H,4-5,7,11,13H2. The van der Waals surface area contributed by atoms with Crippen LogP contribution in [0.2, 0.25) is 0 Å². The zero-order valence-electron chi connectivity index (χ0n) is 13.0. The maximum Gasteiger partial charge on any atom is 0.247 e. The molecule has 116 valence electrons. The van der Waals surface area contributed by atoms with Gasteiger partial charge in [0.25, 0.3) is 0 Å². The van der Waals surface area contributed by atoms with Gasteiger partial charge in [-0.1, -0.05) is 30.3 Å². The molecule has 1 heterocycles. The maximum absolute atomic E-state index is 5.75. The van der Waals surface area contributed by atoms with Crippen LogP contribution in [0.4, 0.5) is 5.69 Å². The molecule has 2 aromatic carbocycles. The highest BCUT2D eigenvalue weighted by atomic mass is 16.4. The van der Waals surface area contributed by atoms with Gasteiger partial charge >= 0.3 is 0 Å². The number of nitrogens with zero attached hydrogens (tertiary/aromatic N) is 2. The lowest BCUT2D eigenvalue weighted by atomic mass is 9.90. The molecule has 0 fully saturated rings. The van der Waals surface area contributed by atoms with E-state index in [0.29, 0.717) is 18.3 Å². The summed E-state index contributed by atoms with van der Waals surface area (Å²) >= 11 is 0. The molecule has 1 aromatic heterocycles. The summed E-state index contributed by atoms with van der Waals surface area (Å²) in [5.41, 5.74) is 5.06. The van der Waals surface area contributed by atoms with Gasteiger partial charge in [0.1, 0.15) is 0 Å². The van der Waals surface area contributed by atoms with Gasteiger partial charge in [-0.2, -0.15) is 0 Å². The molecule has 0 atom stereocenters. The molecule has 1 N–H and O–H groups in total. The second-order valence-corrected chi connectivity index (χ2v) is 5.87. The van der Waals surface area contributed by atoms with Gasteiger partial charge in [-0.3, -0.25) is 0 Å². The van der Waals surface area contributed by atoms with E-state index in [9.17, 15) is 0 Å². The fourth-order valence-electron chi connectivity index (χ4n) is 3.14. The SMILES string of the molecule is c1ccc(-c2nnc(CNc3cccc4c3CCCC4)o2)cc1. The Bertz CT molecular complexity index is 795. The van der Waals surface area contributed by atoms with Crippen molar-refractivity contribution in [3.63, 3.8) is 0 Å². The third-order valence-corrected chi connectivity index (χ3v) is 4.31. The van der Waals surface area contributed by atoms with Gasteiger partial charge in [0.2, 0.25) is 11.8 Å². The molecular weight excluding hydrogens is 286 g/mol. The van der Waals surface area contributed by atoms with E-state index in [0.717, 1.165) is 12.0 Å². The summed E-state index contributed by atoms with van der Waals surface area (Å²) in [6.45, 7) is 0.552. The van der Waals surface area contributed by atoms with Crippen molar-refractivity contribution in [2.75, 3.05) is 5.32 Å². The van der Waals surface area contributed by atoms with Crippen molar-refractivity contribution in [2.24, 2.45) is 0 Å². The molecule has 4 rings (SSSR count). The van der Waals surface area contributed by atoms with E-state index in [1.54, 1.807) is 0 Å². The number of anilines is 1. The molecule has 0 aliphatic heterocycles. The molecule has 23 heavy (non-hydrogen) atoms. The zero-order valence-corrected chi connectivity index (χ0v) is 13.0. The van der Waals surface area contributed by atoms with Crippen molar-refractivity contribution >= 4 is 5.69 Å². The molecule has 4 nitrogen and oxygen atoms in total. The fraction of sp³-hybridized carbons (Fsp3) is 0.263. The first-order valence-electron chi connectivity index (χ1n) is 8.12. The molecule has 0 unspecified atom stereocenters. The van der Waals surface area contributed by atoms with Crippen molar-refractivity contribution in [3.8, 4) is 11.5 Å². The lowest BCUT2D eigenvalue weighted by Crippen LogP contribution is -2.08. The van der Waals surface area contributed by atoms with Crippen molar-refractivity contribution in [2.45, 2.75) is 32.2 Å². The van der Waals surface area contributed by atoms with Crippen molar-refractivity contribution in [3.05, 3.63) is 65.5 Å². The van der Waals surface area contributed by atoms with Crippen LogP contribution in [-0.2, 0) is 19.4 Å². The van der Waals surface area contributed by atoms with Gasteiger partial charge in [-0.05, 0) is 55.0 Å². The van der Waals surface area contributed by atoms with Gasteiger partial charge in [0.05, 0.1) is 6.54 Å². The molecule has 0 spiro atoms. The Morgan fingerprint density at radius 2 is 1.78 bits per heavy atom. The van der Waals surface area contributed by atoms with Crippen LogP contribution in [0.3, 0.4) is 0 Å². The normalized spacial score (nSPS) is 13.6. The van der Waals surface area contributed by atoms with E-state index < -0.39 is 0 Å². The van der Waals surface area contributed by atoms with E-state index in [-0.39, 0.29) is 0 Å². The first-order chi connectivity index (χ1) is 11.4. The monoisotopic (exact) mass is 305 g/mol. The average Bonchev–Trinajstić information content (AvgIpc) is 3.10. The molecule has 3 aromatic rings. The fourth-order valence-corrected chi connectivity index (χ4v) is 3.14. The minimum atomic E-state index is 0.552. The van der Waals surface area contributed by atoms with Gasteiger partial charge < -0.3 is 9.73 Å². The molecule has 4 heteroatoms. The highest BCUT2D eigenvalue weighted by Crippen LogP contribution is 2.28. The lowest BCUT2D eigenvalue weighted by molar-refractivity contribution is 0.515. The van der Waals surface area contributed by atoms with Crippen LogP contribution in [0, 0.1) is 0 Å². The average molecular weight is 305 g/mol. The molecule has 1 aliphatic rings. The van der Waals surface area contributed by atoms with E-state index >= 15 is 0 Å². The highest BCUT2D eigenvalue weighted by molar-refractivity contribution is 5.56. The molecule has 0 radical (unpaired) electrons. The number of nitrogens with one attached hydrogen (secondary N) is 1. The highest BCUT2D eigenvalue weighted by Gasteiger charge is 2.13. The first-order valence-corrected chi connectivity index (χ1v) is 8.12. The summed E-state index contributed by atoms with van der Waals surface area (Å²) in [5, 5.41) is 11.7. The topological polar surface area (TPSA) is 51.0 Å². The minimum Gasteiger partial charge on any atom is -0.419 e. The predicted octanol–water partition coefficient (Wildman–Crippen LogP) is 4.23. The Labute approximate surface area is 135 Å². The number of rotatable bonds is 4. The molecular formula is C19H19N3O. The smallest absolute Gasteiger partial charge is 0.247 e. The van der Waals surface area contributed by atoms with E-state index in [1.165, 1.54) is 36.1 Å².